The zero-order valence-electron chi connectivity index (χ0n) is 11.6. The van der Waals surface area contributed by atoms with Crippen LogP contribution >= 0.6 is 15.9 Å². The Labute approximate surface area is 127 Å². The van der Waals surface area contributed by atoms with Crippen LogP contribution in [0.5, 0.6) is 5.75 Å². The lowest BCUT2D eigenvalue weighted by atomic mass is 10.0. The van der Waals surface area contributed by atoms with Crippen LogP contribution in [0.3, 0.4) is 0 Å². The molecule has 1 heterocycles. The summed E-state index contributed by atoms with van der Waals surface area (Å²) in [6, 6.07) is 9.72. The first-order valence-corrected chi connectivity index (χ1v) is 7.23. The van der Waals surface area contributed by atoms with Gasteiger partial charge in [-0.25, -0.2) is 0 Å². The second-order valence-corrected chi connectivity index (χ2v) is 5.72. The molecule has 3 N–H and O–H groups in total. The number of nitrogens with zero attached hydrogens (tertiary/aromatic N) is 1. The minimum atomic E-state index is 0.396. The van der Waals surface area contributed by atoms with Crippen LogP contribution in [0.4, 0.5) is 5.69 Å². The standard InChI is InChI=1S/C15H18BrN3O/c1-10(2)14-7-11(16)3-4-15(14)20-9-13-8-12(19-17)5-6-18-13/h3-8,10H,9,17H2,1-2H3,(H,18,19). The van der Waals surface area contributed by atoms with E-state index in [4.69, 9.17) is 10.6 Å². The molecule has 2 aromatic rings. The third-order valence-corrected chi connectivity index (χ3v) is 3.45. The first kappa shape index (κ1) is 14.8. The molecule has 0 aliphatic rings. The molecule has 1 aromatic heterocycles. The van der Waals surface area contributed by atoms with Gasteiger partial charge in [-0.1, -0.05) is 29.8 Å². The highest BCUT2D eigenvalue weighted by atomic mass is 79.9. The van der Waals surface area contributed by atoms with Crippen LogP contribution in [0.2, 0.25) is 0 Å². The minimum absolute atomic E-state index is 0.396. The van der Waals surface area contributed by atoms with Gasteiger partial charge in [0.05, 0.1) is 11.4 Å². The first-order chi connectivity index (χ1) is 9.60. The second-order valence-electron chi connectivity index (χ2n) is 4.81. The van der Waals surface area contributed by atoms with E-state index in [9.17, 15) is 0 Å². The van der Waals surface area contributed by atoms with Gasteiger partial charge in [-0.15, -0.1) is 0 Å². The van der Waals surface area contributed by atoms with Gasteiger partial charge in [0.15, 0.2) is 0 Å². The molecule has 0 aliphatic heterocycles. The van der Waals surface area contributed by atoms with E-state index in [1.54, 1.807) is 6.20 Å². The van der Waals surface area contributed by atoms with Gasteiger partial charge in [-0.2, -0.15) is 0 Å². The summed E-state index contributed by atoms with van der Waals surface area (Å²) in [5, 5.41) is 0. The van der Waals surface area contributed by atoms with Crippen molar-refractivity contribution in [2.24, 2.45) is 5.84 Å². The molecule has 0 unspecified atom stereocenters. The molecular weight excluding hydrogens is 318 g/mol. The van der Waals surface area contributed by atoms with Crippen molar-refractivity contribution in [1.29, 1.82) is 0 Å². The molecule has 5 heteroatoms. The van der Waals surface area contributed by atoms with Crippen LogP contribution in [0.25, 0.3) is 0 Å². The number of nitrogens with two attached hydrogens (primary N) is 1. The number of pyridine rings is 1. The highest BCUT2D eigenvalue weighted by molar-refractivity contribution is 9.10. The van der Waals surface area contributed by atoms with Gasteiger partial charge in [-0.05, 0) is 41.8 Å². The summed E-state index contributed by atoms with van der Waals surface area (Å²) in [6.45, 7) is 4.70. The Morgan fingerprint density at radius 2 is 2.10 bits per heavy atom. The Morgan fingerprint density at radius 3 is 2.80 bits per heavy atom. The van der Waals surface area contributed by atoms with Crippen LogP contribution in [0, 0.1) is 0 Å². The number of nitrogens with one attached hydrogen (secondary N) is 1. The molecule has 0 amide bonds. The van der Waals surface area contributed by atoms with Crippen molar-refractivity contribution in [3.8, 4) is 5.75 Å². The maximum atomic E-state index is 5.89. The lowest BCUT2D eigenvalue weighted by Gasteiger charge is -2.14. The lowest BCUT2D eigenvalue weighted by Crippen LogP contribution is -2.08. The minimum Gasteiger partial charge on any atom is -0.487 e. The van der Waals surface area contributed by atoms with Gasteiger partial charge in [-0.3, -0.25) is 10.8 Å². The van der Waals surface area contributed by atoms with Gasteiger partial charge in [0, 0.05) is 10.7 Å². The average molecular weight is 336 g/mol. The molecule has 0 saturated heterocycles. The fourth-order valence-corrected chi connectivity index (χ4v) is 2.28. The molecule has 4 nitrogen and oxygen atoms in total. The van der Waals surface area contributed by atoms with E-state index in [2.05, 4.69) is 46.3 Å². The maximum absolute atomic E-state index is 5.89. The first-order valence-electron chi connectivity index (χ1n) is 6.44. The van der Waals surface area contributed by atoms with Crippen LogP contribution < -0.4 is 16.0 Å². The normalized spacial score (nSPS) is 10.7. The summed E-state index contributed by atoms with van der Waals surface area (Å²) in [4.78, 5) is 4.26. The molecule has 0 spiro atoms. The average Bonchev–Trinajstić information content (AvgIpc) is 2.46. The summed E-state index contributed by atoms with van der Waals surface area (Å²) in [7, 11) is 0. The molecule has 20 heavy (non-hydrogen) atoms. The van der Waals surface area contributed by atoms with Crippen molar-refractivity contribution in [1.82, 2.24) is 4.98 Å². The number of hydrogen-bond donors (Lipinski definition) is 2. The largest absolute Gasteiger partial charge is 0.487 e. The van der Waals surface area contributed by atoms with Crippen molar-refractivity contribution in [3.05, 3.63) is 52.3 Å². The van der Waals surface area contributed by atoms with Crippen molar-refractivity contribution < 1.29 is 4.74 Å². The number of hydrazine groups is 1. The van der Waals surface area contributed by atoms with Crippen molar-refractivity contribution in [3.63, 3.8) is 0 Å². The van der Waals surface area contributed by atoms with Gasteiger partial charge in [0.1, 0.15) is 12.4 Å². The van der Waals surface area contributed by atoms with Crippen molar-refractivity contribution in [2.75, 3.05) is 5.43 Å². The molecule has 106 valence electrons. The molecular formula is C15H18BrN3O. The van der Waals surface area contributed by atoms with E-state index in [0.29, 0.717) is 12.5 Å². The van der Waals surface area contributed by atoms with Gasteiger partial charge < -0.3 is 10.2 Å². The van der Waals surface area contributed by atoms with E-state index >= 15 is 0 Å². The Kier molecular flexibility index (Phi) is 4.98. The highest BCUT2D eigenvalue weighted by Gasteiger charge is 2.09. The van der Waals surface area contributed by atoms with Crippen LogP contribution in [0.15, 0.2) is 41.0 Å². The zero-order valence-corrected chi connectivity index (χ0v) is 13.1. The quantitative estimate of drug-likeness (QED) is 0.643. The number of aromatic nitrogens is 1. The molecule has 0 bridgehead atoms. The number of ether oxygens (including phenoxy) is 1. The third-order valence-electron chi connectivity index (χ3n) is 2.95. The van der Waals surface area contributed by atoms with E-state index in [1.165, 1.54) is 5.56 Å². The number of rotatable bonds is 5. The molecule has 0 saturated carbocycles. The summed E-state index contributed by atoms with van der Waals surface area (Å²) >= 11 is 3.49. The number of benzene rings is 1. The number of nitrogen functional groups attached to an aromatic ring is 1. The fraction of sp³-hybridized carbons (Fsp3) is 0.267. The van der Waals surface area contributed by atoms with Crippen molar-refractivity contribution in [2.45, 2.75) is 26.4 Å². The van der Waals surface area contributed by atoms with Gasteiger partial charge >= 0.3 is 0 Å². The Bertz CT molecular complexity index is 587. The molecule has 0 aliphatic carbocycles. The van der Waals surface area contributed by atoms with Crippen LogP contribution in [-0.2, 0) is 6.61 Å². The molecule has 0 fully saturated rings. The summed E-state index contributed by atoms with van der Waals surface area (Å²) in [6.07, 6.45) is 1.71. The number of halogens is 1. The van der Waals surface area contributed by atoms with E-state index in [-0.39, 0.29) is 0 Å². The van der Waals surface area contributed by atoms with E-state index in [0.717, 1.165) is 21.6 Å². The fourth-order valence-electron chi connectivity index (χ4n) is 1.90. The summed E-state index contributed by atoms with van der Waals surface area (Å²) in [5.41, 5.74) is 5.42. The molecule has 0 atom stereocenters. The predicted octanol–water partition coefficient (Wildman–Crippen LogP) is 3.83. The smallest absolute Gasteiger partial charge is 0.130 e. The zero-order chi connectivity index (χ0) is 14.5. The summed E-state index contributed by atoms with van der Waals surface area (Å²) < 4.78 is 6.94. The number of anilines is 1. The summed E-state index contributed by atoms with van der Waals surface area (Å²) in [5.74, 6) is 6.66. The van der Waals surface area contributed by atoms with Crippen LogP contribution in [0.1, 0.15) is 31.0 Å². The Hall–Kier alpha value is -1.59. The highest BCUT2D eigenvalue weighted by Crippen LogP contribution is 2.30. The second kappa shape index (κ2) is 6.72. The van der Waals surface area contributed by atoms with Crippen LogP contribution in [-0.4, -0.2) is 4.98 Å². The molecule has 0 radical (unpaired) electrons. The Morgan fingerprint density at radius 1 is 1.30 bits per heavy atom. The lowest BCUT2D eigenvalue weighted by molar-refractivity contribution is 0.297. The topological polar surface area (TPSA) is 60.2 Å². The Balaban J connectivity index is 2.14. The van der Waals surface area contributed by atoms with E-state index < -0.39 is 0 Å². The van der Waals surface area contributed by atoms with Gasteiger partial charge in [0.2, 0.25) is 0 Å². The maximum Gasteiger partial charge on any atom is 0.130 e. The SMILES string of the molecule is CC(C)c1cc(Br)ccc1OCc1cc(NN)ccn1. The third kappa shape index (κ3) is 3.71. The number of hydrogen-bond acceptors (Lipinski definition) is 4. The molecule has 2 rings (SSSR count). The van der Waals surface area contributed by atoms with Crippen molar-refractivity contribution >= 4 is 21.6 Å². The molecule has 1 aromatic carbocycles. The van der Waals surface area contributed by atoms with Gasteiger partial charge in [0.25, 0.3) is 0 Å². The monoisotopic (exact) mass is 335 g/mol. The predicted molar refractivity (Wildman–Crippen MR) is 84.6 cm³/mol. The van der Waals surface area contributed by atoms with E-state index in [1.807, 2.05) is 24.3 Å².